The molecule has 0 saturated heterocycles. The summed E-state index contributed by atoms with van der Waals surface area (Å²) in [6.07, 6.45) is 0. The van der Waals surface area contributed by atoms with E-state index in [1.807, 2.05) is 30.3 Å². The Morgan fingerprint density at radius 2 is 2.12 bits per heavy atom. The standard InChI is InChI=1S/C12H15N3O/c13-8-9-7-12(14-5-6-16)15-11-4-2-1-3-10(9)11/h1-4,7,16H,5-6,8,13H2,(H,14,15). The zero-order chi connectivity index (χ0) is 11.4. The summed E-state index contributed by atoms with van der Waals surface area (Å²) in [4.78, 5) is 4.44. The number of aliphatic hydroxyl groups excluding tert-OH is 1. The third-order valence-electron chi connectivity index (χ3n) is 2.44. The van der Waals surface area contributed by atoms with Gasteiger partial charge in [0, 0.05) is 18.5 Å². The molecule has 0 bridgehead atoms. The van der Waals surface area contributed by atoms with Crippen molar-refractivity contribution in [3.63, 3.8) is 0 Å². The van der Waals surface area contributed by atoms with Crippen molar-refractivity contribution >= 4 is 16.7 Å². The minimum Gasteiger partial charge on any atom is -0.395 e. The van der Waals surface area contributed by atoms with Crippen LogP contribution < -0.4 is 11.1 Å². The lowest BCUT2D eigenvalue weighted by molar-refractivity contribution is 0.311. The topological polar surface area (TPSA) is 71.2 Å². The van der Waals surface area contributed by atoms with E-state index in [9.17, 15) is 0 Å². The van der Waals surface area contributed by atoms with Gasteiger partial charge >= 0.3 is 0 Å². The molecule has 0 unspecified atom stereocenters. The highest BCUT2D eigenvalue weighted by molar-refractivity contribution is 5.83. The smallest absolute Gasteiger partial charge is 0.127 e. The lowest BCUT2D eigenvalue weighted by atomic mass is 10.1. The molecule has 0 fully saturated rings. The van der Waals surface area contributed by atoms with E-state index < -0.39 is 0 Å². The Balaban J connectivity index is 2.46. The van der Waals surface area contributed by atoms with E-state index >= 15 is 0 Å². The third-order valence-corrected chi connectivity index (χ3v) is 2.44. The van der Waals surface area contributed by atoms with Crippen LogP contribution in [0.3, 0.4) is 0 Å². The fraction of sp³-hybridized carbons (Fsp3) is 0.250. The van der Waals surface area contributed by atoms with Crippen LogP contribution in [0.1, 0.15) is 5.56 Å². The van der Waals surface area contributed by atoms with Gasteiger partial charge in [-0.05, 0) is 17.7 Å². The number of hydrogen-bond acceptors (Lipinski definition) is 4. The van der Waals surface area contributed by atoms with Crippen LogP contribution >= 0.6 is 0 Å². The monoisotopic (exact) mass is 217 g/mol. The number of rotatable bonds is 4. The Morgan fingerprint density at radius 1 is 1.31 bits per heavy atom. The van der Waals surface area contributed by atoms with Gasteiger partial charge in [0.2, 0.25) is 0 Å². The average Bonchev–Trinajstić information content (AvgIpc) is 2.35. The lowest BCUT2D eigenvalue weighted by Gasteiger charge is -2.09. The summed E-state index contributed by atoms with van der Waals surface area (Å²) in [7, 11) is 0. The number of benzene rings is 1. The summed E-state index contributed by atoms with van der Waals surface area (Å²) in [6, 6.07) is 9.83. The third kappa shape index (κ3) is 2.13. The Hall–Kier alpha value is -1.65. The van der Waals surface area contributed by atoms with E-state index in [0.717, 1.165) is 22.3 Å². The first kappa shape index (κ1) is 10.9. The van der Waals surface area contributed by atoms with Crippen LogP contribution in [-0.4, -0.2) is 23.2 Å². The zero-order valence-corrected chi connectivity index (χ0v) is 8.98. The lowest BCUT2D eigenvalue weighted by Crippen LogP contribution is -2.08. The molecule has 16 heavy (non-hydrogen) atoms. The molecule has 0 amide bonds. The van der Waals surface area contributed by atoms with Gasteiger partial charge in [0.15, 0.2) is 0 Å². The minimum absolute atomic E-state index is 0.0897. The number of nitrogens with one attached hydrogen (secondary N) is 1. The maximum Gasteiger partial charge on any atom is 0.127 e. The number of fused-ring (bicyclic) bond motifs is 1. The molecule has 0 spiro atoms. The van der Waals surface area contributed by atoms with Crippen LogP contribution in [-0.2, 0) is 6.54 Å². The van der Waals surface area contributed by atoms with Crippen molar-refractivity contribution in [2.75, 3.05) is 18.5 Å². The van der Waals surface area contributed by atoms with Crippen molar-refractivity contribution in [3.05, 3.63) is 35.9 Å². The molecule has 1 aromatic heterocycles. The summed E-state index contributed by atoms with van der Waals surface area (Å²) in [5, 5.41) is 12.9. The van der Waals surface area contributed by atoms with E-state index in [1.165, 1.54) is 0 Å². The quantitative estimate of drug-likeness (QED) is 0.717. The number of nitrogens with zero attached hydrogens (tertiary/aromatic N) is 1. The highest BCUT2D eigenvalue weighted by Crippen LogP contribution is 2.20. The highest BCUT2D eigenvalue weighted by atomic mass is 16.3. The average molecular weight is 217 g/mol. The van der Waals surface area contributed by atoms with Gasteiger partial charge in [-0.2, -0.15) is 0 Å². The van der Waals surface area contributed by atoms with Gasteiger partial charge in [-0.25, -0.2) is 4.98 Å². The molecule has 0 radical (unpaired) electrons. The van der Waals surface area contributed by atoms with Crippen LogP contribution in [0.2, 0.25) is 0 Å². The van der Waals surface area contributed by atoms with Crippen molar-refractivity contribution in [3.8, 4) is 0 Å². The maximum atomic E-state index is 8.75. The van der Waals surface area contributed by atoms with Gasteiger partial charge in [0.1, 0.15) is 5.82 Å². The van der Waals surface area contributed by atoms with Crippen LogP contribution in [0, 0.1) is 0 Å². The second kappa shape index (κ2) is 4.92. The number of pyridine rings is 1. The molecule has 2 aromatic rings. The van der Waals surface area contributed by atoms with Gasteiger partial charge in [0.25, 0.3) is 0 Å². The molecular formula is C12H15N3O. The SMILES string of the molecule is NCc1cc(NCCO)nc2ccccc12. The molecule has 1 aromatic carbocycles. The van der Waals surface area contributed by atoms with Crippen molar-refractivity contribution < 1.29 is 5.11 Å². The van der Waals surface area contributed by atoms with Crippen LogP contribution in [0.4, 0.5) is 5.82 Å². The first-order valence-corrected chi connectivity index (χ1v) is 5.28. The Labute approximate surface area is 94.1 Å². The predicted molar refractivity (Wildman–Crippen MR) is 65.2 cm³/mol. The summed E-state index contributed by atoms with van der Waals surface area (Å²) in [6.45, 7) is 1.07. The van der Waals surface area contributed by atoms with Crippen LogP contribution in [0.15, 0.2) is 30.3 Å². The van der Waals surface area contributed by atoms with Gasteiger partial charge in [-0.3, -0.25) is 0 Å². The van der Waals surface area contributed by atoms with E-state index in [4.69, 9.17) is 10.8 Å². The number of anilines is 1. The second-order valence-electron chi connectivity index (χ2n) is 3.54. The molecule has 0 aliphatic rings. The molecule has 2 rings (SSSR count). The Bertz CT molecular complexity index is 485. The van der Waals surface area contributed by atoms with E-state index in [-0.39, 0.29) is 6.61 Å². The number of nitrogens with two attached hydrogens (primary N) is 1. The molecule has 1 heterocycles. The number of hydrogen-bond donors (Lipinski definition) is 3. The van der Waals surface area contributed by atoms with Crippen molar-refractivity contribution in [1.82, 2.24) is 4.98 Å². The molecular weight excluding hydrogens is 202 g/mol. The predicted octanol–water partition coefficient (Wildman–Crippen LogP) is 1.10. The molecule has 0 aliphatic heterocycles. The molecule has 0 atom stereocenters. The summed E-state index contributed by atoms with van der Waals surface area (Å²) < 4.78 is 0. The van der Waals surface area contributed by atoms with Crippen molar-refractivity contribution in [2.45, 2.75) is 6.54 Å². The summed E-state index contributed by atoms with van der Waals surface area (Å²) in [5.74, 6) is 0.758. The van der Waals surface area contributed by atoms with E-state index in [2.05, 4.69) is 10.3 Å². The number of aromatic nitrogens is 1. The fourth-order valence-corrected chi connectivity index (χ4v) is 1.69. The second-order valence-corrected chi connectivity index (χ2v) is 3.54. The number of aliphatic hydroxyl groups is 1. The summed E-state index contributed by atoms with van der Waals surface area (Å²) in [5.41, 5.74) is 7.69. The number of para-hydroxylation sites is 1. The minimum atomic E-state index is 0.0897. The van der Waals surface area contributed by atoms with E-state index in [0.29, 0.717) is 13.1 Å². The summed E-state index contributed by atoms with van der Waals surface area (Å²) >= 11 is 0. The highest BCUT2D eigenvalue weighted by Gasteiger charge is 2.03. The van der Waals surface area contributed by atoms with Crippen LogP contribution in [0.25, 0.3) is 10.9 Å². The maximum absolute atomic E-state index is 8.75. The molecule has 0 aliphatic carbocycles. The molecule has 0 saturated carbocycles. The van der Waals surface area contributed by atoms with E-state index in [1.54, 1.807) is 0 Å². The largest absolute Gasteiger partial charge is 0.395 e. The van der Waals surface area contributed by atoms with Gasteiger partial charge in [0.05, 0.1) is 12.1 Å². The molecule has 4 heteroatoms. The normalized spacial score (nSPS) is 10.6. The Morgan fingerprint density at radius 3 is 2.88 bits per heavy atom. The van der Waals surface area contributed by atoms with Crippen molar-refractivity contribution in [2.24, 2.45) is 5.73 Å². The molecule has 84 valence electrons. The van der Waals surface area contributed by atoms with Crippen molar-refractivity contribution in [1.29, 1.82) is 0 Å². The van der Waals surface area contributed by atoms with Gasteiger partial charge in [-0.1, -0.05) is 18.2 Å². The van der Waals surface area contributed by atoms with Gasteiger partial charge in [-0.15, -0.1) is 0 Å². The first-order valence-electron chi connectivity index (χ1n) is 5.28. The van der Waals surface area contributed by atoms with Gasteiger partial charge < -0.3 is 16.2 Å². The van der Waals surface area contributed by atoms with Crippen LogP contribution in [0.5, 0.6) is 0 Å². The molecule has 4 nitrogen and oxygen atoms in total. The molecule has 4 N–H and O–H groups in total. The zero-order valence-electron chi connectivity index (χ0n) is 8.98. The first-order chi connectivity index (χ1) is 7.85. The fourth-order valence-electron chi connectivity index (χ4n) is 1.69. The Kier molecular flexibility index (Phi) is 3.34.